The maximum Gasteiger partial charge on any atom is 0.126 e. The Labute approximate surface area is 125 Å². The van der Waals surface area contributed by atoms with Crippen molar-refractivity contribution in [2.45, 2.75) is 19.6 Å². The van der Waals surface area contributed by atoms with E-state index < -0.39 is 6.10 Å². The van der Waals surface area contributed by atoms with Gasteiger partial charge in [0.25, 0.3) is 0 Å². The van der Waals surface area contributed by atoms with Crippen LogP contribution in [-0.2, 0) is 11.3 Å². The van der Waals surface area contributed by atoms with Crippen LogP contribution < -0.4 is 0 Å². The predicted molar refractivity (Wildman–Crippen MR) is 77.0 cm³/mol. The first-order chi connectivity index (χ1) is 9.54. The molecule has 0 aliphatic rings. The van der Waals surface area contributed by atoms with Crippen LogP contribution in [0.4, 0.5) is 4.39 Å². The Bertz CT molecular complexity index is 601. The number of aliphatic hydroxyl groups excluding tert-OH is 1. The monoisotopic (exact) mass is 342 g/mol. The lowest BCUT2D eigenvalue weighted by Crippen LogP contribution is -2.13. The van der Waals surface area contributed by atoms with Crippen LogP contribution in [0.3, 0.4) is 0 Å². The number of ether oxygens (including phenoxy) is 1. The molecule has 2 aromatic rings. The van der Waals surface area contributed by atoms with E-state index in [1.54, 1.807) is 37.0 Å². The average molecular weight is 343 g/mol. The Balaban J connectivity index is 2.34. The number of hydrogen-bond donors (Lipinski definition) is 1. The van der Waals surface area contributed by atoms with Gasteiger partial charge in [-0.15, -0.1) is 0 Å². The number of hydrogen-bond acceptors (Lipinski definition) is 3. The average Bonchev–Trinajstić information content (AvgIpc) is 2.80. The van der Waals surface area contributed by atoms with Gasteiger partial charge < -0.3 is 9.84 Å². The van der Waals surface area contributed by atoms with Crippen molar-refractivity contribution in [1.29, 1.82) is 0 Å². The lowest BCUT2D eigenvalue weighted by Gasteiger charge is -2.15. The molecular formula is C14H16BrFN2O2. The summed E-state index contributed by atoms with van der Waals surface area (Å²) in [5.41, 5.74) is 1.63. The van der Waals surface area contributed by atoms with Crippen LogP contribution in [0.1, 0.15) is 22.9 Å². The third kappa shape index (κ3) is 3.08. The largest absolute Gasteiger partial charge is 0.383 e. The van der Waals surface area contributed by atoms with Crippen LogP contribution in [0.25, 0.3) is 0 Å². The fraction of sp³-hybridized carbons (Fsp3) is 0.357. The molecule has 0 aliphatic heterocycles. The summed E-state index contributed by atoms with van der Waals surface area (Å²) in [6, 6.07) is 4.71. The van der Waals surface area contributed by atoms with Gasteiger partial charge in [0.05, 0.1) is 29.5 Å². The number of methoxy groups -OCH3 is 1. The van der Waals surface area contributed by atoms with E-state index in [0.717, 1.165) is 0 Å². The van der Waals surface area contributed by atoms with E-state index in [4.69, 9.17) is 4.74 Å². The molecule has 0 spiro atoms. The van der Waals surface area contributed by atoms with Crippen LogP contribution in [0, 0.1) is 12.7 Å². The Kier molecular flexibility index (Phi) is 4.91. The standard InChI is InChI=1S/C14H16BrFN2O2/c1-9-3-4-10(7-12(9)16)14(19)13-11(15)8-17-18(13)5-6-20-2/h3-4,7-8,14,19H,5-6H2,1-2H3. The summed E-state index contributed by atoms with van der Waals surface area (Å²) in [7, 11) is 1.60. The number of aromatic nitrogens is 2. The molecule has 0 saturated heterocycles. The van der Waals surface area contributed by atoms with E-state index in [1.807, 2.05) is 0 Å². The zero-order chi connectivity index (χ0) is 14.7. The van der Waals surface area contributed by atoms with Gasteiger partial charge in [-0.25, -0.2) is 4.39 Å². The number of aliphatic hydroxyl groups is 1. The molecule has 1 N–H and O–H groups in total. The molecule has 1 heterocycles. The first-order valence-electron chi connectivity index (χ1n) is 6.19. The lowest BCUT2D eigenvalue weighted by molar-refractivity contribution is 0.171. The van der Waals surface area contributed by atoms with Gasteiger partial charge in [-0.05, 0) is 40.0 Å². The maximum absolute atomic E-state index is 13.6. The molecule has 0 fully saturated rings. The molecule has 0 radical (unpaired) electrons. The van der Waals surface area contributed by atoms with Crippen molar-refractivity contribution in [3.05, 3.63) is 51.5 Å². The Morgan fingerprint density at radius 2 is 2.25 bits per heavy atom. The minimum atomic E-state index is -0.946. The van der Waals surface area contributed by atoms with Crippen molar-refractivity contribution < 1.29 is 14.2 Å². The fourth-order valence-corrected chi connectivity index (χ4v) is 2.45. The molecule has 6 heteroatoms. The van der Waals surface area contributed by atoms with Gasteiger partial charge in [-0.2, -0.15) is 5.10 Å². The molecule has 20 heavy (non-hydrogen) atoms. The maximum atomic E-state index is 13.6. The van der Waals surface area contributed by atoms with Crippen LogP contribution in [-0.4, -0.2) is 28.6 Å². The number of rotatable bonds is 5. The van der Waals surface area contributed by atoms with E-state index in [2.05, 4.69) is 21.0 Å². The zero-order valence-electron chi connectivity index (χ0n) is 11.3. The molecular weight excluding hydrogens is 327 g/mol. The lowest BCUT2D eigenvalue weighted by atomic mass is 10.0. The van der Waals surface area contributed by atoms with Crippen molar-refractivity contribution in [3.8, 4) is 0 Å². The molecule has 2 rings (SSSR count). The highest BCUT2D eigenvalue weighted by molar-refractivity contribution is 9.10. The second-order valence-corrected chi connectivity index (χ2v) is 5.36. The molecule has 0 saturated carbocycles. The molecule has 0 aliphatic carbocycles. The Hall–Kier alpha value is -1.24. The third-order valence-corrected chi connectivity index (χ3v) is 3.72. The number of aryl methyl sites for hydroxylation is 1. The fourth-order valence-electron chi connectivity index (χ4n) is 1.94. The summed E-state index contributed by atoms with van der Waals surface area (Å²) >= 11 is 3.36. The highest BCUT2D eigenvalue weighted by atomic mass is 79.9. The minimum Gasteiger partial charge on any atom is -0.383 e. The molecule has 4 nitrogen and oxygen atoms in total. The summed E-state index contributed by atoms with van der Waals surface area (Å²) in [5.74, 6) is -0.333. The van der Waals surface area contributed by atoms with Gasteiger partial charge in [-0.3, -0.25) is 4.68 Å². The smallest absolute Gasteiger partial charge is 0.126 e. The minimum absolute atomic E-state index is 0.333. The summed E-state index contributed by atoms with van der Waals surface area (Å²) in [6.07, 6.45) is 0.664. The van der Waals surface area contributed by atoms with E-state index in [-0.39, 0.29) is 5.82 Å². The zero-order valence-corrected chi connectivity index (χ0v) is 12.9. The predicted octanol–water partition coefficient (Wildman–Crippen LogP) is 2.82. The molecule has 1 aromatic carbocycles. The normalized spacial score (nSPS) is 12.7. The van der Waals surface area contributed by atoms with E-state index in [1.165, 1.54) is 6.07 Å². The van der Waals surface area contributed by atoms with Gasteiger partial charge in [0.2, 0.25) is 0 Å². The van der Waals surface area contributed by atoms with E-state index in [9.17, 15) is 9.50 Å². The number of benzene rings is 1. The van der Waals surface area contributed by atoms with Crippen molar-refractivity contribution in [2.24, 2.45) is 0 Å². The number of halogens is 2. The number of nitrogens with zero attached hydrogens (tertiary/aromatic N) is 2. The van der Waals surface area contributed by atoms with Crippen LogP contribution in [0.5, 0.6) is 0 Å². The summed E-state index contributed by atoms with van der Waals surface area (Å²) in [4.78, 5) is 0. The van der Waals surface area contributed by atoms with Crippen molar-refractivity contribution >= 4 is 15.9 Å². The molecule has 108 valence electrons. The van der Waals surface area contributed by atoms with Gasteiger partial charge in [-0.1, -0.05) is 12.1 Å². The summed E-state index contributed by atoms with van der Waals surface area (Å²) < 4.78 is 21.0. The second kappa shape index (κ2) is 6.47. The summed E-state index contributed by atoms with van der Waals surface area (Å²) in [5, 5.41) is 14.6. The van der Waals surface area contributed by atoms with Crippen LogP contribution in [0.2, 0.25) is 0 Å². The van der Waals surface area contributed by atoms with Gasteiger partial charge in [0.15, 0.2) is 0 Å². The molecule has 1 aromatic heterocycles. The van der Waals surface area contributed by atoms with Crippen molar-refractivity contribution in [3.63, 3.8) is 0 Å². The van der Waals surface area contributed by atoms with E-state index in [0.29, 0.717) is 34.4 Å². The second-order valence-electron chi connectivity index (χ2n) is 4.50. The SMILES string of the molecule is COCCn1ncc(Br)c1C(O)c1ccc(C)c(F)c1. The highest BCUT2D eigenvalue weighted by Crippen LogP contribution is 2.29. The first-order valence-corrected chi connectivity index (χ1v) is 6.98. The molecule has 1 unspecified atom stereocenters. The van der Waals surface area contributed by atoms with Crippen LogP contribution >= 0.6 is 15.9 Å². The highest BCUT2D eigenvalue weighted by Gasteiger charge is 2.20. The van der Waals surface area contributed by atoms with Gasteiger partial charge in [0, 0.05) is 7.11 Å². The molecule has 1 atom stereocenters. The van der Waals surface area contributed by atoms with Crippen molar-refractivity contribution in [1.82, 2.24) is 9.78 Å². The Morgan fingerprint density at radius 1 is 1.50 bits per heavy atom. The van der Waals surface area contributed by atoms with Crippen LogP contribution in [0.15, 0.2) is 28.9 Å². The van der Waals surface area contributed by atoms with Gasteiger partial charge >= 0.3 is 0 Å². The third-order valence-electron chi connectivity index (χ3n) is 3.11. The summed E-state index contributed by atoms with van der Waals surface area (Å²) in [6.45, 7) is 2.68. The molecule has 0 bridgehead atoms. The topological polar surface area (TPSA) is 47.3 Å². The quantitative estimate of drug-likeness (QED) is 0.908. The van der Waals surface area contributed by atoms with Crippen molar-refractivity contribution in [2.75, 3.05) is 13.7 Å². The van der Waals surface area contributed by atoms with E-state index >= 15 is 0 Å². The van der Waals surface area contributed by atoms with Gasteiger partial charge in [0.1, 0.15) is 11.9 Å². The first kappa shape index (κ1) is 15.2. The Morgan fingerprint density at radius 3 is 2.90 bits per heavy atom. The molecule has 0 amide bonds.